The van der Waals surface area contributed by atoms with E-state index in [4.69, 9.17) is 9.15 Å². The third-order valence-corrected chi connectivity index (χ3v) is 3.76. The molecule has 1 saturated heterocycles. The highest BCUT2D eigenvalue weighted by molar-refractivity contribution is 5.95. The number of furan rings is 1. The first-order valence-corrected chi connectivity index (χ1v) is 7.10. The van der Waals surface area contributed by atoms with Crippen LogP contribution in [0.4, 0.5) is 0 Å². The molecule has 1 aliphatic rings. The van der Waals surface area contributed by atoms with Crippen molar-refractivity contribution in [2.45, 2.75) is 32.6 Å². The number of hydrogen-bond acceptors (Lipinski definition) is 3. The third-order valence-electron chi connectivity index (χ3n) is 3.76. The number of carbonyl (C=O) groups excluding carboxylic acids is 1. The lowest BCUT2D eigenvalue weighted by Crippen LogP contribution is -2.35. The standard InChI is InChI=1S/C15H23NO3/c1-3-14-13(7-9-19-14)15(17)16-8-5-4-6-12(10-16)11-18-2/h7,9,12H,3-6,8,10-11H2,1-2H3. The molecule has 1 aromatic heterocycles. The monoisotopic (exact) mass is 265 g/mol. The van der Waals surface area contributed by atoms with Gasteiger partial charge in [0.1, 0.15) is 5.76 Å². The molecule has 4 heteroatoms. The largest absolute Gasteiger partial charge is 0.469 e. The first-order chi connectivity index (χ1) is 9.26. The van der Waals surface area contributed by atoms with Gasteiger partial charge in [-0.15, -0.1) is 0 Å². The number of hydrogen-bond donors (Lipinski definition) is 0. The zero-order valence-electron chi connectivity index (χ0n) is 11.9. The second-order valence-corrected chi connectivity index (χ2v) is 5.18. The summed E-state index contributed by atoms with van der Waals surface area (Å²) in [6, 6.07) is 1.79. The van der Waals surface area contributed by atoms with Crippen LogP contribution in [-0.4, -0.2) is 37.6 Å². The van der Waals surface area contributed by atoms with Crippen LogP contribution in [0.5, 0.6) is 0 Å². The topological polar surface area (TPSA) is 42.7 Å². The fourth-order valence-electron chi connectivity index (χ4n) is 2.76. The second kappa shape index (κ2) is 6.75. The van der Waals surface area contributed by atoms with Gasteiger partial charge in [-0.3, -0.25) is 4.79 Å². The van der Waals surface area contributed by atoms with Crippen LogP contribution in [0, 0.1) is 5.92 Å². The number of likely N-dealkylation sites (tertiary alicyclic amines) is 1. The lowest BCUT2D eigenvalue weighted by molar-refractivity contribution is 0.0694. The van der Waals surface area contributed by atoms with E-state index >= 15 is 0 Å². The minimum Gasteiger partial charge on any atom is -0.469 e. The van der Waals surface area contributed by atoms with E-state index in [1.54, 1.807) is 19.4 Å². The third kappa shape index (κ3) is 3.38. The minimum absolute atomic E-state index is 0.105. The van der Waals surface area contributed by atoms with Crippen LogP contribution in [-0.2, 0) is 11.2 Å². The quantitative estimate of drug-likeness (QED) is 0.840. The molecule has 2 rings (SSSR count). The van der Waals surface area contributed by atoms with Crippen molar-refractivity contribution in [3.05, 3.63) is 23.7 Å². The maximum atomic E-state index is 12.6. The number of aryl methyl sites for hydroxylation is 1. The molecule has 0 saturated carbocycles. The fraction of sp³-hybridized carbons (Fsp3) is 0.667. The van der Waals surface area contributed by atoms with Gasteiger partial charge in [0.15, 0.2) is 0 Å². The van der Waals surface area contributed by atoms with Gasteiger partial charge in [-0.2, -0.15) is 0 Å². The Morgan fingerprint density at radius 2 is 2.37 bits per heavy atom. The Morgan fingerprint density at radius 1 is 1.53 bits per heavy atom. The number of amides is 1. The molecular weight excluding hydrogens is 242 g/mol. The normalized spacial score (nSPS) is 20.3. The van der Waals surface area contributed by atoms with Gasteiger partial charge in [-0.1, -0.05) is 13.3 Å². The second-order valence-electron chi connectivity index (χ2n) is 5.18. The Kier molecular flexibility index (Phi) is 5.02. The summed E-state index contributed by atoms with van der Waals surface area (Å²) in [6.07, 6.45) is 5.75. The van der Waals surface area contributed by atoms with Gasteiger partial charge >= 0.3 is 0 Å². The average Bonchev–Trinajstić information content (AvgIpc) is 2.77. The molecule has 4 nitrogen and oxygen atoms in total. The molecule has 0 bridgehead atoms. The molecule has 1 atom stereocenters. The molecule has 0 aromatic carbocycles. The predicted molar refractivity (Wildman–Crippen MR) is 73.2 cm³/mol. The minimum atomic E-state index is 0.105. The van der Waals surface area contributed by atoms with E-state index in [0.29, 0.717) is 5.92 Å². The van der Waals surface area contributed by atoms with Gasteiger partial charge in [-0.05, 0) is 24.8 Å². The van der Waals surface area contributed by atoms with Gasteiger partial charge in [0.2, 0.25) is 0 Å². The van der Waals surface area contributed by atoms with Crippen molar-refractivity contribution in [2.75, 3.05) is 26.8 Å². The van der Waals surface area contributed by atoms with E-state index in [1.165, 1.54) is 6.42 Å². The Hall–Kier alpha value is -1.29. The van der Waals surface area contributed by atoms with Gasteiger partial charge in [0.25, 0.3) is 5.91 Å². The molecule has 19 heavy (non-hydrogen) atoms. The van der Waals surface area contributed by atoms with Crippen LogP contribution in [0.2, 0.25) is 0 Å². The van der Waals surface area contributed by atoms with Crippen molar-refractivity contribution in [3.63, 3.8) is 0 Å². The predicted octanol–water partition coefficient (Wildman–Crippen LogP) is 2.73. The van der Waals surface area contributed by atoms with Crippen molar-refractivity contribution < 1.29 is 13.9 Å². The van der Waals surface area contributed by atoms with Gasteiger partial charge in [0, 0.05) is 26.6 Å². The van der Waals surface area contributed by atoms with Gasteiger partial charge in [-0.25, -0.2) is 0 Å². The molecule has 1 aromatic rings. The highest BCUT2D eigenvalue weighted by Gasteiger charge is 2.25. The molecule has 0 aliphatic carbocycles. The van der Waals surface area contributed by atoms with Crippen LogP contribution >= 0.6 is 0 Å². The van der Waals surface area contributed by atoms with E-state index in [9.17, 15) is 4.79 Å². The zero-order chi connectivity index (χ0) is 13.7. The van der Waals surface area contributed by atoms with E-state index < -0.39 is 0 Å². The highest BCUT2D eigenvalue weighted by atomic mass is 16.5. The van der Waals surface area contributed by atoms with E-state index in [1.807, 2.05) is 11.8 Å². The molecule has 0 N–H and O–H groups in total. The van der Waals surface area contributed by atoms with E-state index in [0.717, 1.165) is 50.3 Å². The van der Waals surface area contributed by atoms with Crippen LogP contribution in [0.3, 0.4) is 0 Å². The van der Waals surface area contributed by atoms with Crippen LogP contribution < -0.4 is 0 Å². The molecule has 1 aliphatic heterocycles. The average molecular weight is 265 g/mol. The van der Waals surface area contributed by atoms with E-state index in [2.05, 4.69) is 0 Å². The van der Waals surface area contributed by atoms with Crippen molar-refractivity contribution in [1.29, 1.82) is 0 Å². The number of rotatable bonds is 4. The fourth-order valence-corrected chi connectivity index (χ4v) is 2.76. The number of methoxy groups -OCH3 is 1. The molecule has 1 fully saturated rings. The lowest BCUT2D eigenvalue weighted by atomic mass is 10.0. The Morgan fingerprint density at radius 3 is 3.11 bits per heavy atom. The summed E-state index contributed by atoms with van der Waals surface area (Å²) in [5, 5.41) is 0. The van der Waals surface area contributed by atoms with Crippen LogP contribution in [0.25, 0.3) is 0 Å². The number of carbonyl (C=O) groups is 1. The summed E-state index contributed by atoms with van der Waals surface area (Å²) < 4.78 is 10.6. The molecule has 2 heterocycles. The van der Waals surface area contributed by atoms with Crippen LogP contribution in [0.1, 0.15) is 42.3 Å². The Balaban J connectivity index is 2.08. The molecule has 1 unspecified atom stereocenters. The number of nitrogens with zero attached hydrogens (tertiary/aromatic N) is 1. The maximum Gasteiger partial charge on any atom is 0.257 e. The van der Waals surface area contributed by atoms with Crippen molar-refractivity contribution in [1.82, 2.24) is 4.90 Å². The van der Waals surface area contributed by atoms with Crippen LogP contribution in [0.15, 0.2) is 16.7 Å². The summed E-state index contributed by atoms with van der Waals surface area (Å²) >= 11 is 0. The molecule has 106 valence electrons. The van der Waals surface area contributed by atoms with Gasteiger partial charge < -0.3 is 14.1 Å². The SMILES string of the molecule is CCc1occc1C(=O)N1CCCCC(COC)C1. The summed E-state index contributed by atoms with van der Waals surface area (Å²) in [4.78, 5) is 14.5. The Bertz CT molecular complexity index is 413. The molecular formula is C15H23NO3. The smallest absolute Gasteiger partial charge is 0.257 e. The summed E-state index contributed by atoms with van der Waals surface area (Å²) in [5.74, 6) is 1.35. The molecule has 1 amide bonds. The first-order valence-electron chi connectivity index (χ1n) is 7.10. The first kappa shape index (κ1) is 14.1. The molecule has 0 radical (unpaired) electrons. The highest BCUT2D eigenvalue weighted by Crippen LogP contribution is 2.20. The maximum absolute atomic E-state index is 12.6. The summed E-state index contributed by atoms with van der Waals surface area (Å²) in [5.41, 5.74) is 0.723. The summed E-state index contributed by atoms with van der Waals surface area (Å²) in [7, 11) is 1.72. The van der Waals surface area contributed by atoms with Crippen molar-refractivity contribution in [2.24, 2.45) is 5.92 Å². The summed E-state index contributed by atoms with van der Waals surface area (Å²) in [6.45, 7) is 4.37. The van der Waals surface area contributed by atoms with E-state index in [-0.39, 0.29) is 5.91 Å². The Labute approximate surface area is 114 Å². The van der Waals surface area contributed by atoms with Crippen molar-refractivity contribution >= 4 is 5.91 Å². The van der Waals surface area contributed by atoms with Gasteiger partial charge in [0.05, 0.1) is 18.4 Å². The van der Waals surface area contributed by atoms with Crippen molar-refractivity contribution in [3.8, 4) is 0 Å². The lowest BCUT2D eigenvalue weighted by Gasteiger charge is -2.24. The zero-order valence-corrected chi connectivity index (χ0v) is 11.9. The number of ether oxygens (including phenoxy) is 1. The molecule has 0 spiro atoms.